The van der Waals surface area contributed by atoms with Gasteiger partial charge in [0.1, 0.15) is 12.0 Å². The first-order chi connectivity index (χ1) is 9.09. The maximum Gasteiger partial charge on any atom is 0.287 e. The largest absolute Gasteiger partial charge is 0.370 e. The van der Waals surface area contributed by atoms with Gasteiger partial charge in [0.25, 0.3) is 5.69 Å². The minimum absolute atomic E-state index is 0.0271. The van der Waals surface area contributed by atoms with E-state index < -0.39 is 4.92 Å². The zero-order chi connectivity index (χ0) is 14.1. The maximum atomic E-state index is 10.5. The van der Waals surface area contributed by atoms with E-state index in [1.54, 1.807) is 6.07 Å². The third-order valence-corrected chi connectivity index (χ3v) is 2.97. The lowest BCUT2D eigenvalue weighted by molar-refractivity contribution is -0.385. The normalized spacial score (nSPS) is 10.7. The summed E-state index contributed by atoms with van der Waals surface area (Å²) in [5.41, 5.74) is 0.0271. The number of anilines is 1. The van der Waals surface area contributed by atoms with Crippen molar-refractivity contribution in [3.8, 4) is 0 Å². The Morgan fingerprint density at radius 3 is 2.58 bits per heavy atom. The standard InChI is InChI=1S/C14H23N3O2/c1-12(2)7-5-3-4-6-10-15-14-9-8-13(11-16-14)17(18)19/h8-9,11-12H,3-7,10H2,1-2H3,(H,15,16). The molecule has 1 rings (SSSR count). The number of nitrogens with one attached hydrogen (secondary N) is 1. The van der Waals surface area contributed by atoms with E-state index in [-0.39, 0.29) is 5.69 Å². The van der Waals surface area contributed by atoms with Crippen molar-refractivity contribution in [1.82, 2.24) is 4.98 Å². The Morgan fingerprint density at radius 1 is 1.26 bits per heavy atom. The topological polar surface area (TPSA) is 68.1 Å². The van der Waals surface area contributed by atoms with Crippen LogP contribution in [0, 0.1) is 16.0 Å². The van der Waals surface area contributed by atoms with E-state index in [1.165, 1.54) is 37.9 Å². The first-order valence-electron chi connectivity index (χ1n) is 6.94. The molecule has 5 nitrogen and oxygen atoms in total. The van der Waals surface area contributed by atoms with Crippen LogP contribution in [-0.2, 0) is 0 Å². The van der Waals surface area contributed by atoms with Crippen molar-refractivity contribution >= 4 is 11.5 Å². The highest BCUT2D eigenvalue weighted by Crippen LogP contribution is 2.12. The molecule has 106 valence electrons. The van der Waals surface area contributed by atoms with E-state index in [1.807, 2.05) is 0 Å². The second-order valence-electron chi connectivity index (χ2n) is 5.18. The number of pyridine rings is 1. The SMILES string of the molecule is CC(C)CCCCCCNc1ccc([N+](=O)[O-])cn1. The van der Waals surface area contributed by atoms with Crippen molar-refractivity contribution in [3.05, 3.63) is 28.4 Å². The van der Waals surface area contributed by atoms with E-state index in [0.717, 1.165) is 18.9 Å². The molecule has 0 aliphatic rings. The predicted molar refractivity (Wildman–Crippen MR) is 77.3 cm³/mol. The van der Waals surface area contributed by atoms with E-state index in [9.17, 15) is 10.1 Å². The third kappa shape index (κ3) is 6.74. The van der Waals surface area contributed by atoms with Gasteiger partial charge in [0.2, 0.25) is 0 Å². The van der Waals surface area contributed by atoms with Crippen LogP contribution in [-0.4, -0.2) is 16.5 Å². The zero-order valence-electron chi connectivity index (χ0n) is 11.8. The van der Waals surface area contributed by atoms with Crippen LogP contribution in [0.3, 0.4) is 0 Å². The summed E-state index contributed by atoms with van der Waals surface area (Å²) in [6, 6.07) is 3.12. The lowest BCUT2D eigenvalue weighted by Gasteiger charge is -2.06. The molecule has 0 aliphatic heterocycles. The van der Waals surface area contributed by atoms with E-state index in [4.69, 9.17) is 0 Å². The first kappa shape index (κ1) is 15.4. The maximum absolute atomic E-state index is 10.5. The average molecular weight is 265 g/mol. The van der Waals surface area contributed by atoms with Gasteiger partial charge in [-0.1, -0.05) is 39.5 Å². The van der Waals surface area contributed by atoms with Gasteiger partial charge in [0.05, 0.1) is 4.92 Å². The van der Waals surface area contributed by atoms with Gasteiger partial charge in [-0.05, 0) is 18.4 Å². The van der Waals surface area contributed by atoms with Crippen molar-refractivity contribution in [2.45, 2.75) is 46.0 Å². The fraction of sp³-hybridized carbons (Fsp3) is 0.643. The van der Waals surface area contributed by atoms with Crippen molar-refractivity contribution in [3.63, 3.8) is 0 Å². The molecule has 0 aromatic carbocycles. The van der Waals surface area contributed by atoms with Crippen LogP contribution in [0.2, 0.25) is 0 Å². The average Bonchev–Trinajstić information content (AvgIpc) is 2.38. The lowest BCUT2D eigenvalue weighted by atomic mass is 10.0. The molecule has 0 fully saturated rings. The molecule has 1 N–H and O–H groups in total. The summed E-state index contributed by atoms with van der Waals surface area (Å²) in [5, 5.41) is 13.6. The summed E-state index contributed by atoms with van der Waals surface area (Å²) in [6.07, 6.45) is 7.48. The molecule has 1 aromatic rings. The molecule has 0 aliphatic carbocycles. The molecule has 1 aromatic heterocycles. The van der Waals surface area contributed by atoms with Gasteiger partial charge in [-0.15, -0.1) is 0 Å². The number of hydrogen-bond acceptors (Lipinski definition) is 4. The summed E-state index contributed by atoms with van der Waals surface area (Å²) in [5.74, 6) is 1.50. The van der Waals surface area contributed by atoms with Crippen LogP contribution >= 0.6 is 0 Å². The third-order valence-electron chi connectivity index (χ3n) is 2.97. The lowest BCUT2D eigenvalue weighted by Crippen LogP contribution is -2.03. The Labute approximate surface area is 114 Å². The monoisotopic (exact) mass is 265 g/mol. The highest BCUT2D eigenvalue weighted by atomic mass is 16.6. The van der Waals surface area contributed by atoms with Gasteiger partial charge in [-0.25, -0.2) is 4.98 Å². The van der Waals surface area contributed by atoms with Gasteiger partial charge in [-0.2, -0.15) is 0 Å². The van der Waals surface area contributed by atoms with Crippen LogP contribution in [0.15, 0.2) is 18.3 Å². The van der Waals surface area contributed by atoms with Crippen molar-refractivity contribution < 1.29 is 4.92 Å². The second kappa shape index (κ2) is 8.45. The second-order valence-corrected chi connectivity index (χ2v) is 5.18. The van der Waals surface area contributed by atoms with E-state index in [0.29, 0.717) is 5.82 Å². The first-order valence-corrected chi connectivity index (χ1v) is 6.94. The molecule has 0 atom stereocenters. The molecule has 5 heteroatoms. The van der Waals surface area contributed by atoms with Crippen LogP contribution in [0.1, 0.15) is 46.0 Å². The smallest absolute Gasteiger partial charge is 0.287 e. The molecular weight excluding hydrogens is 242 g/mol. The fourth-order valence-corrected chi connectivity index (χ4v) is 1.85. The molecular formula is C14H23N3O2. The Bertz CT molecular complexity index is 377. The Kier molecular flexibility index (Phi) is 6.85. The van der Waals surface area contributed by atoms with Crippen LogP contribution in [0.5, 0.6) is 0 Å². The molecule has 0 spiro atoms. The van der Waals surface area contributed by atoms with Gasteiger partial charge in [0.15, 0.2) is 0 Å². The number of nitrogens with zero attached hydrogens (tertiary/aromatic N) is 2. The van der Waals surface area contributed by atoms with Crippen LogP contribution < -0.4 is 5.32 Å². The Hall–Kier alpha value is -1.65. The minimum Gasteiger partial charge on any atom is -0.370 e. The fourth-order valence-electron chi connectivity index (χ4n) is 1.85. The number of unbranched alkanes of at least 4 members (excludes halogenated alkanes) is 3. The highest BCUT2D eigenvalue weighted by Gasteiger charge is 2.04. The Balaban J connectivity index is 2.11. The van der Waals surface area contributed by atoms with Gasteiger partial charge >= 0.3 is 0 Å². The Morgan fingerprint density at radius 2 is 2.00 bits per heavy atom. The molecule has 0 saturated carbocycles. The number of aromatic nitrogens is 1. The molecule has 0 bridgehead atoms. The predicted octanol–water partition coefficient (Wildman–Crippen LogP) is 4.01. The van der Waals surface area contributed by atoms with Gasteiger partial charge < -0.3 is 5.32 Å². The molecule has 1 heterocycles. The summed E-state index contributed by atoms with van der Waals surface area (Å²) < 4.78 is 0. The van der Waals surface area contributed by atoms with Crippen molar-refractivity contribution in [2.75, 3.05) is 11.9 Å². The molecule has 0 unspecified atom stereocenters. The molecule has 0 amide bonds. The number of nitro groups is 1. The molecule has 19 heavy (non-hydrogen) atoms. The van der Waals surface area contributed by atoms with Crippen molar-refractivity contribution in [1.29, 1.82) is 0 Å². The van der Waals surface area contributed by atoms with Gasteiger partial charge in [0, 0.05) is 12.6 Å². The highest BCUT2D eigenvalue weighted by molar-refractivity contribution is 5.39. The molecule has 0 radical (unpaired) electrons. The van der Waals surface area contributed by atoms with Crippen molar-refractivity contribution in [2.24, 2.45) is 5.92 Å². The quantitative estimate of drug-likeness (QED) is 0.416. The van der Waals surface area contributed by atoms with Gasteiger partial charge in [-0.3, -0.25) is 10.1 Å². The summed E-state index contributed by atoms with van der Waals surface area (Å²) in [7, 11) is 0. The number of rotatable bonds is 9. The summed E-state index contributed by atoms with van der Waals surface area (Å²) in [4.78, 5) is 14.0. The van der Waals surface area contributed by atoms with Crippen LogP contribution in [0.25, 0.3) is 0 Å². The minimum atomic E-state index is -0.439. The molecule has 0 saturated heterocycles. The van der Waals surface area contributed by atoms with Crippen LogP contribution in [0.4, 0.5) is 11.5 Å². The summed E-state index contributed by atoms with van der Waals surface area (Å²) in [6.45, 7) is 5.37. The van der Waals surface area contributed by atoms with E-state index in [2.05, 4.69) is 24.1 Å². The zero-order valence-corrected chi connectivity index (χ0v) is 11.8. The number of hydrogen-bond donors (Lipinski definition) is 1. The summed E-state index contributed by atoms with van der Waals surface area (Å²) >= 11 is 0. The van der Waals surface area contributed by atoms with E-state index >= 15 is 0 Å².